The molecule has 8 nitrogen and oxygen atoms in total. The third-order valence-electron chi connectivity index (χ3n) is 6.33. The van der Waals surface area contributed by atoms with Crippen LogP contribution in [0.2, 0.25) is 0 Å². The van der Waals surface area contributed by atoms with Crippen LogP contribution >= 0.6 is 0 Å². The van der Waals surface area contributed by atoms with E-state index >= 15 is 0 Å². The van der Waals surface area contributed by atoms with Crippen molar-refractivity contribution in [3.63, 3.8) is 0 Å². The Balaban J connectivity index is 1.78. The second-order valence-electron chi connectivity index (χ2n) is 8.92. The highest BCUT2D eigenvalue weighted by Gasteiger charge is 2.24. The summed E-state index contributed by atoms with van der Waals surface area (Å²) in [4.78, 5) is 32.9. The molecule has 8 heteroatoms. The Morgan fingerprint density at radius 2 is 1.81 bits per heavy atom. The Labute approximate surface area is 210 Å². The molecule has 0 aliphatic rings. The van der Waals surface area contributed by atoms with E-state index in [0.717, 1.165) is 11.1 Å². The Morgan fingerprint density at radius 1 is 1.06 bits per heavy atom. The first-order valence-electron chi connectivity index (χ1n) is 12.2. The summed E-state index contributed by atoms with van der Waals surface area (Å²) in [6.45, 7) is 3.58. The summed E-state index contributed by atoms with van der Waals surface area (Å²) in [5.74, 6) is 2.55. The SMILES string of the molecule is CCc1nc(C(CCC(C)=O)Cc2ccccc2)n2nc(Cc3ccc(OC)c(OC)c3)[nH]c(=O)c12. The number of benzene rings is 2. The number of rotatable bonds is 11. The molecule has 1 N–H and O–H groups in total. The summed E-state index contributed by atoms with van der Waals surface area (Å²) in [7, 11) is 3.18. The van der Waals surface area contributed by atoms with E-state index in [-0.39, 0.29) is 17.3 Å². The van der Waals surface area contributed by atoms with Gasteiger partial charge in [0.2, 0.25) is 0 Å². The van der Waals surface area contributed by atoms with Crippen LogP contribution < -0.4 is 15.0 Å². The largest absolute Gasteiger partial charge is 0.493 e. The minimum absolute atomic E-state index is 0.0627. The molecule has 0 fully saturated rings. The third-order valence-corrected chi connectivity index (χ3v) is 6.33. The number of carbonyl (C=O) groups is 1. The molecule has 0 radical (unpaired) electrons. The Kier molecular flexibility index (Phi) is 7.83. The lowest BCUT2D eigenvalue weighted by atomic mass is 9.93. The fourth-order valence-electron chi connectivity index (χ4n) is 4.51. The lowest BCUT2D eigenvalue weighted by Gasteiger charge is -2.16. The first-order chi connectivity index (χ1) is 17.4. The van der Waals surface area contributed by atoms with Crippen molar-refractivity contribution in [2.24, 2.45) is 0 Å². The number of H-pyrrole nitrogens is 1. The fraction of sp³-hybridized carbons (Fsp3) is 0.357. The van der Waals surface area contributed by atoms with Crippen molar-refractivity contribution in [2.75, 3.05) is 14.2 Å². The number of methoxy groups -OCH3 is 2. The van der Waals surface area contributed by atoms with Crippen LogP contribution in [0.25, 0.3) is 5.52 Å². The van der Waals surface area contributed by atoms with E-state index in [1.54, 1.807) is 25.7 Å². The second-order valence-corrected chi connectivity index (χ2v) is 8.92. The molecular weight excluding hydrogens is 456 g/mol. The average molecular weight is 489 g/mol. The van der Waals surface area contributed by atoms with Crippen LogP contribution in [0.3, 0.4) is 0 Å². The van der Waals surface area contributed by atoms with Crippen molar-refractivity contribution in [1.29, 1.82) is 0 Å². The molecule has 1 unspecified atom stereocenters. The Bertz CT molecular complexity index is 1410. The van der Waals surface area contributed by atoms with Crippen molar-refractivity contribution in [3.05, 3.63) is 87.4 Å². The molecule has 0 aliphatic heterocycles. The summed E-state index contributed by atoms with van der Waals surface area (Å²) in [5.41, 5.74) is 3.02. The van der Waals surface area contributed by atoms with Gasteiger partial charge in [0.15, 0.2) is 17.0 Å². The Morgan fingerprint density at radius 3 is 2.47 bits per heavy atom. The van der Waals surface area contributed by atoms with Gasteiger partial charge in [-0.15, -0.1) is 0 Å². The number of fused-ring (bicyclic) bond motifs is 1. The molecule has 0 amide bonds. The molecule has 4 rings (SSSR count). The number of Topliss-reactive ketones (excluding diaryl/α,β-unsaturated/α-hetero) is 1. The number of nitrogens with zero attached hydrogens (tertiary/aromatic N) is 3. The maximum Gasteiger partial charge on any atom is 0.277 e. The maximum atomic E-state index is 13.2. The van der Waals surface area contributed by atoms with E-state index in [4.69, 9.17) is 19.6 Å². The number of imidazole rings is 1. The number of nitrogens with one attached hydrogen (secondary N) is 1. The summed E-state index contributed by atoms with van der Waals surface area (Å²) in [6.07, 6.45) is 2.78. The predicted octanol–water partition coefficient (Wildman–Crippen LogP) is 4.28. The van der Waals surface area contributed by atoms with Gasteiger partial charge in [-0.25, -0.2) is 9.50 Å². The van der Waals surface area contributed by atoms with Gasteiger partial charge in [-0.05, 0) is 49.4 Å². The van der Waals surface area contributed by atoms with Crippen LogP contribution in [-0.4, -0.2) is 39.6 Å². The van der Waals surface area contributed by atoms with Crippen molar-refractivity contribution in [1.82, 2.24) is 19.6 Å². The lowest BCUT2D eigenvalue weighted by Crippen LogP contribution is -2.19. The molecule has 4 aromatic rings. The van der Waals surface area contributed by atoms with Gasteiger partial charge in [0.1, 0.15) is 17.4 Å². The quantitative estimate of drug-likeness (QED) is 0.338. The van der Waals surface area contributed by atoms with E-state index < -0.39 is 0 Å². The highest BCUT2D eigenvalue weighted by molar-refractivity contribution is 5.75. The number of ether oxygens (including phenoxy) is 2. The highest BCUT2D eigenvalue weighted by atomic mass is 16.5. The van der Waals surface area contributed by atoms with Crippen LogP contribution in [0.5, 0.6) is 11.5 Å². The van der Waals surface area contributed by atoms with Gasteiger partial charge < -0.3 is 19.3 Å². The first kappa shape index (κ1) is 25.2. The first-order valence-corrected chi connectivity index (χ1v) is 12.2. The summed E-state index contributed by atoms with van der Waals surface area (Å²) >= 11 is 0. The van der Waals surface area contributed by atoms with Crippen molar-refractivity contribution < 1.29 is 14.3 Å². The lowest BCUT2D eigenvalue weighted by molar-refractivity contribution is -0.117. The molecular formula is C28H32N4O4. The number of hydrogen-bond donors (Lipinski definition) is 1. The normalized spacial score (nSPS) is 12.0. The number of carbonyl (C=O) groups excluding carboxylic acids is 1. The number of aromatic nitrogens is 4. The minimum Gasteiger partial charge on any atom is -0.493 e. The number of aromatic amines is 1. The van der Waals surface area contributed by atoms with E-state index in [1.165, 1.54) is 0 Å². The standard InChI is InChI=1S/C28H32N4O4/c1-5-22-26-28(34)30-25(17-20-12-14-23(35-3)24(16-20)36-4)31-32(26)27(29-22)21(13-11-18(2)33)15-19-9-7-6-8-10-19/h6-10,12,14,16,21H,5,11,13,15,17H2,1-4H3,(H,30,31,34). The monoisotopic (exact) mass is 488 g/mol. The molecule has 0 saturated heterocycles. The second kappa shape index (κ2) is 11.2. The van der Waals surface area contributed by atoms with Crippen LogP contribution in [0, 0.1) is 0 Å². The molecule has 0 bridgehead atoms. The van der Waals surface area contributed by atoms with Crippen molar-refractivity contribution in [2.45, 2.75) is 51.9 Å². The summed E-state index contributed by atoms with van der Waals surface area (Å²) in [6, 6.07) is 15.8. The molecule has 2 aromatic heterocycles. The van der Waals surface area contributed by atoms with Gasteiger partial charge in [-0.3, -0.25) is 4.79 Å². The molecule has 2 aromatic carbocycles. The smallest absolute Gasteiger partial charge is 0.277 e. The number of hydrogen-bond acceptors (Lipinski definition) is 6. The van der Waals surface area contributed by atoms with Crippen LogP contribution in [0.1, 0.15) is 61.1 Å². The van der Waals surface area contributed by atoms with Crippen molar-refractivity contribution >= 4 is 11.3 Å². The van der Waals surface area contributed by atoms with Crippen LogP contribution in [-0.2, 0) is 24.1 Å². The van der Waals surface area contributed by atoms with Crippen LogP contribution in [0.15, 0.2) is 53.3 Å². The third kappa shape index (κ3) is 5.48. The van der Waals surface area contributed by atoms with Gasteiger partial charge in [0, 0.05) is 18.8 Å². The predicted molar refractivity (Wildman–Crippen MR) is 138 cm³/mol. The van der Waals surface area contributed by atoms with Gasteiger partial charge in [0.25, 0.3) is 5.56 Å². The molecule has 188 valence electrons. The van der Waals surface area contributed by atoms with E-state index in [2.05, 4.69) is 17.1 Å². The zero-order valence-electron chi connectivity index (χ0n) is 21.2. The summed E-state index contributed by atoms with van der Waals surface area (Å²) < 4.78 is 12.4. The van der Waals surface area contributed by atoms with Gasteiger partial charge in [-0.2, -0.15) is 5.10 Å². The molecule has 1 atom stereocenters. The zero-order chi connectivity index (χ0) is 25.7. The molecule has 36 heavy (non-hydrogen) atoms. The topological polar surface area (TPSA) is 98.6 Å². The van der Waals surface area contributed by atoms with E-state index in [1.807, 2.05) is 43.3 Å². The van der Waals surface area contributed by atoms with Crippen molar-refractivity contribution in [3.8, 4) is 11.5 Å². The van der Waals surface area contributed by atoms with Gasteiger partial charge in [-0.1, -0.05) is 43.3 Å². The average Bonchev–Trinajstić information content (AvgIpc) is 3.26. The van der Waals surface area contributed by atoms with Gasteiger partial charge in [0.05, 0.1) is 19.9 Å². The minimum atomic E-state index is -0.221. The number of ketones is 1. The number of aryl methyl sites for hydroxylation is 1. The van der Waals surface area contributed by atoms with E-state index in [9.17, 15) is 9.59 Å². The maximum absolute atomic E-state index is 13.2. The molecule has 2 heterocycles. The highest BCUT2D eigenvalue weighted by Crippen LogP contribution is 2.29. The molecule has 0 aliphatic carbocycles. The van der Waals surface area contributed by atoms with E-state index in [0.29, 0.717) is 66.5 Å². The summed E-state index contributed by atoms with van der Waals surface area (Å²) in [5, 5.41) is 4.83. The molecule has 0 spiro atoms. The van der Waals surface area contributed by atoms with Crippen LogP contribution in [0.4, 0.5) is 0 Å². The Hall–Kier alpha value is -3.94. The zero-order valence-corrected chi connectivity index (χ0v) is 21.2. The molecule has 0 saturated carbocycles. The fourth-order valence-corrected chi connectivity index (χ4v) is 4.51. The van der Waals surface area contributed by atoms with Gasteiger partial charge >= 0.3 is 0 Å².